The highest BCUT2D eigenvalue weighted by molar-refractivity contribution is 5.79. The van der Waals surface area contributed by atoms with Crippen LogP contribution in [0.2, 0.25) is 0 Å². The molecule has 0 saturated heterocycles. The number of ether oxygens (including phenoxy) is 2. The highest BCUT2D eigenvalue weighted by Gasteiger charge is 2.23. The summed E-state index contributed by atoms with van der Waals surface area (Å²) in [6, 6.07) is -1.02. The minimum absolute atomic E-state index is 0.186. The molecule has 0 saturated carbocycles. The molecule has 0 aliphatic heterocycles. The molecule has 0 aromatic heterocycles. The Morgan fingerprint density at radius 3 is 2.47 bits per heavy atom. The molecule has 2 N–H and O–H groups in total. The van der Waals surface area contributed by atoms with E-state index in [1.807, 2.05) is 0 Å². The molecular formula is C13H23NO5. The van der Waals surface area contributed by atoms with Crippen LogP contribution in [0.15, 0.2) is 12.7 Å². The number of carbonyl (C=O) groups excluding carboxylic acids is 1. The minimum Gasteiger partial charge on any atom is -0.480 e. The molecule has 0 aliphatic rings. The SMILES string of the molecule is C=CCCOCC[C@H](NC(=O)OC(C)(C)C)C(=O)O. The molecule has 0 aromatic carbocycles. The first-order chi connectivity index (χ1) is 8.76. The maximum atomic E-state index is 11.5. The first-order valence-corrected chi connectivity index (χ1v) is 6.17. The second kappa shape index (κ2) is 8.53. The Hall–Kier alpha value is -1.56. The Kier molecular flexibility index (Phi) is 7.83. The van der Waals surface area contributed by atoms with Crippen LogP contribution in [0.1, 0.15) is 33.6 Å². The van der Waals surface area contributed by atoms with Crippen LogP contribution in [-0.4, -0.2) is 42.0 Å². The fraction of sp³-hybridized carbons (Fsp3) is 0.692. The molecule has 0 spiro atoms. The van der Waals surface area contributed by atoms with Crippen molar-refractivity contribution in [3.63, 3.8) is 0 Å². The van der Waals surface area contributed by atoms with Crippen LogP contribution in [0.3, 0.4) is 0 Å². The zero-order valence-electron chi connectivity index (χ0n) is 11.8. The fourth-order valence-electron chi connectivity index (χ4n) is 1.18. The van der Waals surface area contributed by atoms with E-state index in [1.54, 1.807) is 26.8 Å². The molecule has 19 heavy (non-hydrogen) atoms. The Morgan fingerprint density at radius 1 is 1.37 bits per heavy atom. The topological polar surface area (TPSA) is 84.9 Å². The van der Waals surface area contributed by atoms with Crippen LogP contribution in [0, 0.1) is 0 Å². The average Bonchev–Trinajstić information content (AvgIpc) is 2.24. The lowest BCUT2D eigenvalue weighted by Gasteiger charge is -2.21. The van der Waals surface area contributed by atoms with Crippen molar-refractivity contribution in [1.29, 1.82) is 0 Å². The number of carboxylic acid groups (broad SMARTS) is 1. The highest BCUT2D eigenvalue weighted by Crippen LogP contribution is 2.07. The van der Waals surface area contributed by atoms with E-state index in [2.05, 4.69) is 11.9 Å². The first kappa shape index (κ1) is 17.4. The van der Waals surface area contributed by atoms with Crippen molar-refractivity contribution >= 4 is 12.1 Å². The summed E-state index contributed by atoms with van der Waals surface area (Å²) in [6.45, 7) is 9.41. The lowest BCUT2D eigenvalue weighted by atomic mass is 10.2. The van der Waals surface area contributed by atoms with Crippen molar-refractivity contribution in [2.45, 2.75) is 45.3 Å². The Bertz CT molecular complexity index is 309. The number of aliphatic carboxylic acids is 1. The standard InChI is InChI=1S/C13H23NO5/c1-5-6-8-18-9-7-10(11(15)16)14-12(17)19-13(2,3)4/h5,10H,1,6-9H2,2-4H3,(H,14,17)(H,15,16)/t10-/m0/s1. The van der Waals surface area contributed by atoms with Gasteiger partial charge in [0.25, 0.3) is 0 Å². The van der Waals surface area contributed by atoms with Gasteiger partial charge in [-0.15, -0.1) is 6.58 Å². The maximum absolute atomic E-state index is 11.5. The summed E-state index contributed by atoms with van der Waals surface area (Å²) in [5.41, 5.74) is -0.659. The summed E-state index contributed by atoms with van der Waals surface area (Å²) in [4.78, 5) is 22.4. The van der Waals surface area contributed by atoms with E-state index < -0.39 is 23.7 Å². The second-order valence-corrected chi connectivity index (χ2v) is 5.02. The van der Waals surface area contributed by atoms with Crippen LogP contribution in [-0.2, 0) is 14.3 Å². The number of carbonyl (C=O) groups is 2. The van der Waals surface area contributed by atoms with Crippen LogP contribution in [0.5, 0.6) is 0 Å². The molecule has 1 atom stereocenters. The maximum Gasteiger partial charge on any atom is 0.408 e. The van der Waals surface area contributed by atoms with Crippen LogP contribution >= 0.6 is 0 Å². The summed E-state index contributed by atoms with van der Waals surface area (Å²) in [5.74, 6) is -1.11. The van der Waals surface area contributed by atoms with Crippen molar-refractivity contribution < 1.29 is 24.2 Å². The highest BCUT2D eigenvalue weighted by atomic mass is 16.6. The zero-order chi connectivity index (χ0) is 14.9. The lowest BCUT2D eigenvalue weighted by Crippen LogP contribution is -2.44. The van der Waals surface area contributed by atoms with Gasteiger partial charge in [0.2, 0.25) is 0 Å². The van der Waals surface area contributed by atoms with Crippen molar-refractivity contribution in [2.75, 3.05) is 13.2 Å². The molecule has 0 heterocycles. The predicted molar refractivity (Wildman–Crippen MR) is 71.0 cm³/mol. The number of rotatable bonds is 8. The van der Waals surface area contributed by atoms with Crippen LogP contribution in [0.25, 0.3) is 0 Å². The van der Waals surface area contributed by atoms with Gasteiger partial charge in [-0.2, -0.15) is 0 Å². The van der Waals surface area contributed by atoms with Gasteiger partial charge in [-0.25, -0.2) is 9.59 Å². The van der Waals surface area contributed by atoms with Gasteiger partial charge in [0.05, 0.1) is 0 Å². The molecule has 0 aromatic rings. The first-order valence-electron chi connectivity index (χ1n) is 6.17. The third-order valence-electron chi connectivity index (χ3n) is 2.01. The van der Waals surface area contributed by atoms with Gasteiger partial charge < -0.3 is 19.9 Å². The summed E-state index contributed by atoms with van der Waals surface area (Å²) >= 11 is 0. The molecule has 0 fully saturated rings. The predicted octanol–water partition coefficient (Wildman–Crippen LogP) is 1.95. The molecule has 0 radical (unpaired) electrons. The Morgan fingerprint density at radius 2 is 2.00 bits per heavy atom. The van der Waals surface area contributed by atoms with E-state index in [4.69, 9.17) is 14.6 Å². The monoisotopic (exact) mass is 273 g/mol. The summed E-state index contributed by atoms with van der Waals surface area (Å²) in [7, 11) is 0. The molecular weight excluding hydrogens is 250 g/mol. The van der Waals surface area contributed by atoms with E-state index >= 15 is 0 Å². The average molecular weight is 273 g/mol. The van der Waals surface area contributed by atoms with Gasteiger partial charge in [0.15, 0.2) is 0 Å². The fourth-order valence-corrected chi connectivity index (χ4v) is 1.18. The Labute approximate surface area is 113 Å². The molecule has 6 heteroatoms. The van der Waals surface area contributed by atoms with Crippen molar-refractivity contribution in [1.82, 2.24) is 5.32 Å². The van der Waals surface area contributed by atoms with E-state index in [0.29, 0.717) is 13.0 Å². The molecule has 1 amide bonds. The van der Waals surface area contributed by atoms with Crippen molar-refractivity contribution in [3.8, 4) is 0 Å². The quantitative estimate of drug-likeness (QED) is 0.521. The normalized spacial score (nSPS) is 12.6. The van der Waals surface area contributed by atoms with Gasteiger partial charge in [0.1, 0.15) is 11.6 Å². The third-order valence-corrected chi connectivity index (χ3v) is 2.01. The van der Waals surface area contributed by atoms with Gasteiger partial charge in [-0.05, 0) is 27.2 Å². The van der Waals surface area contributed by atoms with E-state index in [9.17, 15) is 9.59 Å². The smallest absolute Gasteiger partial charge is 0.408 e. The van der Waals surface area contributed by atoms with E-state index in [1.165, 1.54) is 0 Å². The number of nitrogens with one attached hydrogen (secondary N) is 1. The Balaban J connectivity index is 4.08. The summed E-state index contributed by atoms with van der Waals surface area (Å²) in [5, 5.41) is 11.3. The molecule has 0 bridgehead atoms. The third kappa shape index (κ3) is 10.1. The van der Waals surface area contributed by atoms with Crippen LogP contribution < -0.4 is 5.32 Å². The van der Waals surface area contributed by atoms with Crippen molar-refractivity contribution in [2.24, 2.45) is 0 Å². The molecule has 0 unspecified atom stereocenters. The van der Waals surface area contributed by atoms with Gasteiger partial charge in [-0.3, -0.25) is 0 Å². The van der Waals surface area contributed by atoms with Gasteiger partial charge >= 0.3 is 12.1 Å². The molecule has 0 rings (SSSR count). The lowest BCUT2D eigenvalue weighted by molar-refractivity contribution is -0.140. The number of amides is 1. The van der Waals surface area contributed by atoms with E-state index in [0.717, 1.165) is 0 Å². The zero-order valence-corrected chi connectivity index (χ0v) is 11.8. The van der Waals surface area contributed by atoms with Gasteiger partial charge in [-0.1, -0.05) is 6.08 Å². The van der Waals surface area contributed by atoms with Gasteiger partial charge in [0, 0.05) is 19.6 Å². The molecule has 6 nitrogen and oxygen atoms in total. The van der Waals surface area contributed by atoms with E-state index in [-0.39, 0.29) is 13.0 Å². The number of alkyl carbamates (subject to hydrolysis) is 1. The second-order valence-electron chi connectivity index (χ2n) is 5.02. The summed E-state index contributed by atoms with van der Waals surface area (Å²) in [6.07, 6.45) is 1.86. The molecule has 0 aliphatic carbocycles. The minimum atomic E-state index is -1.11. The molecule has 110 valence electrons. The summed E-state index contributed by atoms with van der Waals surface area (Å²) < 4.78 is 10.2. The van der Waals surface area contributed by atoms with Crippen LogP contribution in [0.4, 0.5) is 4.79 Å². The number of carboxylic acids is 1. The number of hydrogen-bond donors (Lipinski definition) is 2. The largest absolute Gasteiger partial charge is 0.480 e. The van der Waals surface area contributed by atoms with Crippen molar-refractivity contribution in [3.05, 3.63) is 12.7 Å². The number of hydrogen-bond acceptors (Lipinski definition) is 4.